The van der Waals surface area contributed by atoms with Crippen molar-refractivity contribution < 1.29 is 23.9 Å². The maximum absolute atomic E-state index is 12.2. The quantitative estimate of drug-likeness (QED) is 0.395. The van der Waals surface area contributed by atoms with E-state index in [2.05, 4.69) is 5.32 Å². The van der Waals surface area contributed by atoms with Gasteiger partial charge in [-0.3, -0.25) is 9.59 Å². The number of rotatable bonds is 14. The van der Waals surface area contributed by atoms with Crippen molar-refractivity contribution in [1.29, 1.82) is 0 Å². The topological polar surface area (TPSA) is 92.8 Å². The monoisotopic (exact) mass is 376 g/mol. The second-order valence-corrected chi connectivity index (χ2v) is 6.21. The normalized spacial score (nSPS) is 11.3. The fraction of sp³-hybridized carbons (Fsp3) is 0.500. The van der Waals surface area contributed by atoms with E-state index >= 15 is 0 Å². The molecule has 0 bridgehead atoms. The van der Waals surface area contributed by atoms with Gasteiger partial charge < -0.3 is 24.5 Å². The van der Waals surface area contributed by atoms with Crippen LogP contribution in [0.3, 0.4) is 0 Å². The lowest BCUT2D eigenvalue weighted by Crippen LogP contribution is -2.45. The molecule has 0 saturated heterocycles. The summed E-state index contributed by atoms with van der Waals surface area (Å²) >= 11 is 0. The summed E-state index contributed by atoms with van der Waals surface area (Å²) in [7, 11) is 1.50. The molecule has 1 rings (SSSR count). The van der Waals surface area contributed by atoms with Gasteiger partial charge in [-0.1, -0.05) is 12.1 Å². The SMILES string of the molecule is CNC(=O)C(CCC=O)N(C=O)Cc1c(C)cccc1OCCCCC=O. The number of nitrogens with zero attached hydrogens (tertiary/aromatic N) is 1. The average Bonchev–Trinajstić information content (AvgIpc) is 2.68. The third-order valence-corrected chi connectivity index (χ3v) is 4.32. The molecular weight excluding hydrogens is 348 g/mol. The Balaban J connectivity index is 2.94. The van der Waals surface area contributed by atoms with Crippen LogP contribution in [0.25, 0.3) is 0 Å². The number of carbonyl (C=O) groups is 4. The van der Waals surface area contributed by atoms with Crippen molar-refractivity contribution in [2.24, 2.45) is 0 Å². The van der Waals surface area contributed by atoms with Crippen LogP contribution in [0.1, 0.15) is 43.2 Å². The Hall–Kier alpha value is -2.70. The van der Waals surface area contributed by atoms with Crippen LogP contribution in [0.4, 0.5) is 0 Å². The van der Waals surface area contributed by atoms with Crippen LogP contribution in [0, 0.1) is 6.92 Å². The minimum atomic E-state index is -0.724. The molecule has 27 heavy (non-hydrogen) atoms. The molecular formula is C20H28N2O5. The van der Waals surface area contributed by atoms with Crippen molar-refractivity contribution in [3.05, 3.63) is 29.3 Å². The molecule has 0 heterocycles. The molecule has 1 N–H and O–H groups in total. The van der Waals surface area contributed by atoms with E-state index in [1.165, 1.54) is 11.9 Å². The highest BCUT2D eigenvalue weighted by molar-refractivity contribution is 5.83. The Morgan fingerprint density at radius 1 is 1.19 bits per heavy atom. The molecule has 0 fully saturated rings. The maximum atomic E-state index is 12.2. The Labute approximate surface area is 160 Å². The minimum Gasteiger partial charge on any atom is -0.493 e. The number of amides is 2. The first kappa shape index (κ1) is 22.3. The number of aldehydes is 2. The van der Waals surface area contributed by atoms with Gasteiger partial charge in [0.05, 0.1) is 13.2 Å². The standard InChI is InChI=1S/C20H28N2O5/c1-16-8-6-10-19(27-13-5-3-4-11-23)17(16)14-22(15-25)18(9-7-12-24)20(26)21-2/h6,8,10-12,15,18H,3-5,7,9,13-14H2,1-2H3,(H,21,26). The highest BCUT2D eigenvalue weighted by Gasteiger charge is 2.25. The Morgan fingerprint density at radius 3 is 2.56 bits per heavy atom. The van der Waals surface area contributed by atoms with Crippen molar-refractivity contribution in [2.75, 3.05) is 13.7 Å². The third-order valence-electron chi connectivity index (χ3n) is 4.32. The maximum Gasteiger partial charge on any atom is 0.242 e. The molecule has 1 aromatic carbocycles. The van der Waals surface area contributed by atoms with Gasteiger partial charge in [-0.15, -0.1) is 0 Å². The first-order chi connectivity index (χ1) is 13.1. The van der Waals surface area contributed by atoms with Gasteiger partial charge in [0.2, 0.25) is 12.3 Å². The summed E-state index contributed by atoms with van der Waals surface area (Å²) < 4.78 is 5.84. The molecule has 1 aromatic rings. The molecule has 0 aliphatic heterocycles. The minimum absolute atomic E-state index is 0.191. The molecule has 1 unspecified atom stereocenters. The average molecular weight is 376 g/mol. The van der Waals surface area contributed by atoms with E-state index in [1.54, 1.807) is 0 Å². The summed E-state index contributed by atoms with van der Waals surface area (Å²) in [5.74, 6) is 0.341. The summed E-state index contributed by atoms with van der Waals surface area (Å²) in [5.41, 5.74) is 1.76. The van der Waals surface area contributed by atoms with E-state index in [0.29, 0.717) is 25.2 Å². The Kier molecular flexibility index (Phi) is 10.4. The molecule has 7 heteroatoms. The summed E-state index contributed by atoms with van der Waals surface area (Å²) in [4.78, 5) is 46.3. The zero-order chi connectivity index (χ0) is 20.1. The zero-order valence-electron chi connectivity index (χ0n) is 16.0. The lowest BCUT2D eigenvalue weighted by Gasteiger charge is -2.28. The number of hydrogen-bond acceptors (Lipinski definition) is 5. The van der Waals surface area contributed by atoms with Gasteiger partial charge in [0, 0.05) is 25.5 Å². The summed E-state index contributed by atoms with van der Waals surface area (Å²) in [6, 6.07) is 4.88. The third kappa shape index (κ3) is 7.21. The molecule has 0 radical (unpaired) electrons. The fourth-order valence-electron chi connectivity index (χ4n) is 2.77. The van der Waals surface area contributed by atoms with Crippen molar-refractivity contribution in [1.82, 2.24) is 10.2 Å². The van der Waals surface area contributed by atoms with Gasteiger partial charge in [-0.05, 0) is 37.8 Å². The van der Waals surface area contributed by atoms with Gasteiger partial charge in [0.1, 0.15) is 24.4 Å². The number of benzene rings is 1. The Bertz CT molecular complexity index is 633. The van der Waals surface area contributed by atoms with E-state index in [-0.39, 0.29) is 25.3 Å². The fourth-order valence-corrected chi connectivity index (χ4v) is 2.77. The number of carbonyl (C=O) groups excluding carboxylic acids is 4. The number of nitrogens with one attached hydrogen (secondary N) is 1. The van der Waals surface area contributed by atoms with E-state index in [0.717, 1.165) is 36.5 Å². The lowest BCUT2D eigenvalue weighted by molar-refractivity contribution is -0.133. The number of likely N-dealkylation sites (N-methyl/N-ethyl adjacent to an activating group) is 1. The van der Waals surface area contributed by atoms with Crippen LogP contribution < -0.4 is 10.1 Å². The van der Waals surface area contributed by atoms with Crippen LogP contribution in [0.2, 0.25) is 0 Å². The highest BCUT2D eigenvalue weighted by Crippen LogP contribution is 2.25. The number of hydrogen-bond donors (Lipinski definition) is 1. The first-order valence-corrected chi connectivity index (χ1v) is 9.10. The van der Waals surface area contributed by atoms with Gasteiger partial charge in [-0.2, -0.15) is 0 Å². The smallest absolute Gasteiger partial charge is 0.242 e. The molecule has 0 spiro atoms. The van der Waals surface area contributed by atoms with E-state index in [9.17, 15) is 19.2 Å². The van der Waals surface area contributed by atoms with Gasteiger partial charge in [0.15, 0.2) is 0 Å². The van der Waals surface area contributed by atoms with Crippen LogP contribution in [-0.4, -0.2) is 49.5 Å². The van der Waals surface area contributed by atoms with Crippen molar-refractivity contribution >= 4 is 24.9 Å². The van der Waals surface area contributed by atoms with E-state index in [4.69, 9.17) is 4.74 Å². The molecule has 1 atom stereocenters. The molecule has 0 aromatic heterocycles. The van der Waals surface area contributed by atoms with E-state index < -0.39 is 6.04 Å². The summed E-state index contributed by atoms with van der Waals surface area (Å²) in [5, 5.41) is 2.54. The Morgan fingerprint density at radius 2 is 1.93 bits per heavy atom. The molecule has 0 aliphatic carbocycles. The summed E-state index contributed by atoms with van der Waals surface area (Å²) in [6.07, 6.45) is 4.72. The van der Waals surface area contributed by atoms with E-state index in [1.807, 2.05) is 25.1 Å². The molecule has 148 valence electrons. The molecule has 0 aliphatic rings. The summed E-state index contributed by atoms with van der Waals surface area (Å²) in [6.45, 7) is 2.59. The number of unbranched alkanes of at least 4 members (excludes halogenated alkanes) is 2. The first-order valence-electron chi connectivity index (χ1n) is 9.10. The zero-order valence-corrected chi connectivity index (χ0v) is 16.0. The molecule has 7 nitrogen and oxygen atoms in total. The van der Waals surface area contributed by atoms with Gasteiger partial charge in [0.25, 0.3) is 0 Å². The molecule has 0 saturated carbocycles. The van der Waals surface area contributed by atoms with Crippen molar-refractivity contribution in [2.45, 2.75) is 51.6 Å². The van der Waals surface area contributed by atoms with Crippen molar-refractivity contribution in [3.8, 4) is 5.75 Å². The number of ether oxygens (including phenoxy) is 1. The lowest BCUT2D eigenvalue weighted by atomic mass is 10.0. The van der Waals surface area contributed by atoms with Gasteiger partial charge in [-0.25, -0.2) is 0 Å². The second kappa shape index (κ2) is 12.6. The predicted molar refractivity (Wildman–Crippen MR) is 101 cm³/mol. The van der Waals surface area contributed by atoms with Crippen LogP contribution in [-0.2, 0) is 25.7 Å². The van der Waals surface area contributed by atoms with Crippen LogP contribution in [0.15, 0.2) is 18.2 Å². The van der Waals surface area contributed by atoms with Gasteiger partial charge >= 0.3 is 0 Å². The van der Waals surface area contributed by atoms with Crippen LogP contribution in [0.5, 0.6) is 5.75 Å². The second-order valence-electron chi connectivity index (χ2n) is 6.21. The highest BCUT2D eigenvalue weighted by atomic mass is 16.5. The predicted octanol–water partition coefficient (Wildman–Crippen LogP) is 1.80. The van der Waals surface area contributed by atoms with Crippen molar-refractivity contribution in [3.63, 3.8) is 0 Å². The molecule has 2 amide bonds. The van der Waals surface area contributed by atoms with Crippen LogP contribution >= 0.6 is 0 Å². The number of aryl methyl sites for hydroxylation is 1. The largest absolute Gasteiger partial charge is 0.493 e.